The van der Waals surface area contributed by atoms with E-state index in [4.69, 9.17) is 4.42 Å². The Morgan fingerprint density at radius 1 is 1.06 bits per heavy atom. The lowest BCUT2D eigenvalue weighted by molar-refractivity contribution is 0.450. The molecular formula is C15H24O. The molecule has 0 saturated heterocycles. The van der Waals surface area contributed by atoms with Crippen LogP contribution in [0.4, 0.5) is 0 Å². The van der Waals surface area contributed by atoms with Gasteiger partial charge in [0.1, 0.15) is 11.5 Å². The molecule has 0 fully saturated rings. The van der Waals surface area contributed by atoms with Gasteiger partial charge in [0, 0.05) is 12.8 Å². The van der Waals surface area contributed by atoms with Crippen LogP contribution in [0.3, 0.4) is 0 Å². The van der Waals surface area contributed by atoms with Crippen molar-refractivity contribution < 1.29 is 4.42 Å². The Morgan fingerprint density at radius 3 is 2.25 bits per heavy atom. The van der Waals surface area contributed by atoms with Gasteiger partial charge in [0.05, 0.1) is 0 Å². The third-order valence-corrected chi connectivity index (χ3v) is 2.83. The van der Waals surface area contributed by atoms with E-state index in [1.54, 1.807) is 0 Å². The average molecular weight is 220 g/mol. The van der Waals surface area contributed by atoms with Crippen LogP contribution in [0.5, 0.6) is 0 Å². The SMILES string of the molecule is C=CCCCCc1ccc(CCCCC)o1. The average Bonchev–Trinajstić information content (AvgIpc) is 2.73. The third kappa shape index (κ3) is 5.20. The summed E-state index contributed by atoms with van der Waals surface area (Å²) in [6.07, 6.45) is 11.5. The van der Waals surface area contributed by atoms with Gasteiger partial charge < -0.3 is 4.42 Å². The van der Waals surface area contributed by atoms with Gasteiger partial charge in [0.15, 0.2) is 0 Å². The molecule has 1 rings (SSSR count). The summed E-state index contributed by atoms with van der Waals surface area (Å²) >= 11 is 0. The van der Waals surface area contributed by atoms with Gasteiger partial charge in [-0.25, -0.2) is 0 Å². The van der Waals surface area contributed by atoms with Crippen molar-refractivity contribution in [3.8, 4) is 0 Å². The zero-order valence-corrected chi connectivity index (χ0v) is 10.5. The number of aryl methyl sites for hydroxylation is 2. The van der Waals surface area contributed by atoms with Crippen LogP contribution >= 0.6 is 0 Å². The van der Waals surface area contributed by atoms with Crippen LogP contribution in [-0.2, 0) is 12.8 Å². The van der Waals surface area contributed by atoms with Crippen LogP contribution in [-0.4, -0.2) is 0 Å². The third-order valence-electron chi connectivity index (χ3n) is 2.83. The molecule has 1 aromatic heterocycles. The number of hydrogen-bond donors (Lipinski definition) is 0. The van der Waals surface area contributed by atoms with Crippen molar-refractivity contribution in [2.45, 2.75) is 58.3 Å². The highest BCUT2D eigenvalue weighted by atomic mass is 16.3. The summed E-state index contributed by atoms with van der Waals surface area (Å²) in [4.78, 5) is 0. The van der Waals surface area contributed by atoms with E-state index in [0.29, 0.717) is 0 Å². The first-order valence-electron chi connectivity index (χ1n) is 6.55. The Hall–Kier alpha value is -0.980. The molecule has 0 saturated carbocycles. The minimum atomic E-state index is 1.07. The fourth-order valence-corrected chi connectivity index (χ4v) is 1.83. The molecule has 16 heavy (non-hydrogen) atoms. The van der Waals surface area contributed by atoms with E-state index in [1.165, 1.54) is 32.1 Å². The Kier molecular flexibility index (Phi) is 6.71. The Balaban J connectivity index is 2.20. The van der Waals surface area contributed by atoms with E-state index in [0.717, 1.165) is 30.8 Å². The molecule has 0 spiro atoms. The highest BCUT2D eigenvalue weighted by Gasteiger charge is 2.01. The second kappa shape index (κ2) is 8.20. The van der Waals surface area contributed by atoms with Crippen LogP contribution in [0.15, 0.2) is 29.2 Å². The minimum absolute atomic E-state index is 1.07. The van der Waals surface area contributed by atoms with E-state index < -0.39 is 0 Å². The van der Waals surface area contributed by atoms with Crippen molar-refractivity contribution in [2.24, 2.45) is 0 Å². The number of hydrogen-bond acceptors (Lipinski definition) is 1. The fourth-order valence-electron chi connectivity index (χ4n) is 1.83. The topological polar surface area (TPSA) is 13.1 Å². The van der Waals surface area contributed by atoms with E-state index >= 15 is 0 Å². The zero-order chi connectivity index (χ0) is 11.6. The minimum Gasteiger partial charge on any atom is -0.466 e. The molecule has 0 radical (unpaired) electrons. The van der Waals surface area contributed by atoms with Crippen molar-refractivity contribution in [1.82, 2.24) is 0 Å². The molecule has 1 heterocycles. The number of allylic oxidation sites excluding steroid dienone is 1. The van der Waals surface area contributed by atoms with Crippen molar-refractivity contribution in [2.75, 3.05) is 0 Å². The molecule has 0 atom stereocenters. The second-order valence-electron chi connectivity index (χ2n) is 4.36. The highest BCUT2D eigenvalue weighted by molar-refractivity contribution is 5.07. The van der Waals surface area contributed by atoms with Gasteiger partial charge >= 0.3 is 0 Å². The Morgan fingerprint density at radius 2 is 1.69 bits per heavy atom. The predicted octanol–water partition coefficient (Wildman–Crippen LogP) is 4.91. The molecule has 90 valence electrons. The normalized spacial score (nSPS) is 10.6. The second-order valence-corrected chi connectivity index (χ2v) is 4.36. The molecule has 1 nitrogen and oxygen atoms in total. The van der Waals surface area contributed by atoms with Gasteiger partial charge in [0.25, 0.3) is 0 Å². The van der Waals surface area contributed by atoms with Crippen LogP contribution in [0.2, 0.25) is 0 Å². The summed E-state index contributed by atoms with van der Waals surface area (Å²) in [6.45, 7) is 5.96. The van der Waals surface area contributed by atoms with Gasteiger partial charge in [-0.1, -0.05) is 25.8 Å². The van der Waals surface area contributed by atoms with Crippen LogP contribution in [0.1, 0.15) is 57.0 Å². The van der Waals surface area contributed by atoms with Crippen molar-refractivity contribution >= 4 is 0 Å². The molecule has 0 aliphatic rings. The molecule has 1 heteroatoms. The Bertz CT molecular complexity index is 285. The number of furan rings is 1. The summed E-state index contributed by atoms with van der Waals surface area (Å²) in [5, 5.41) is 0. The van der Waals surface area contributed by atoms with Crippen LogP contribution in [0, 0.1) is 0 Å². The molecule has 0 bridgehead atoms. The summed E-state index contributed by atoms with van der Waals surface area (Å²) in [5.74, 6) is 2.31. The molecule has 0 aliphatic carbocycles. The van der Waals surface area contributed by atoms with E-state index in [-0.39, 0.29) is 0 Å². The van der Waals surface area contributed by atoms with E-state index in [2.05, 4.69) is 25.6 Å². The standard InChI is InChI=1S/C15H24O/c1-3-5-7-9-11-15-13-12-14(16-15)10-8-6-4-2/h3,12-13H,1,4-11H2,2H3. The maximum atomic E-state index is 5.78. The first kappa shape index (κ1) is 13.1. The lowest BCUT2D eigenvalue weighted by Gasteiger charge is -1.97. The number of rotatable bonds is 9. The molecular weight excluding hydrogens is 196 g/mol. The maximum Gasteiger partial charge on any atom is 0.104 e. The van der Waals surface area contributed by atoms with Gasteiger partial charge in [-0.15, -0.1) is 6.58 Å². The predicted molar refractivity (Wildman–Crippen MR) is 69.7 cm³/mol. The molecule has 0 N–H and O–H groups in total. The van der Waals surface area contributed by atoms with Crippen LogP contribution in [0.25, 0.3) is 0 Å². The summed E-state index contributed by atoms with van der Waals surface area (Å²) in [6, 6.07) is 4.27. The van der Waals surface area contributed by atoms with Crippen molar-refractivity contribution in [3.63, 3.8) is 0 Å². The summed E-state index contributed by atoms with van der Waals surface area (Å²) < 4.78 is 5.78. The first-order chi connectivity index (χ1) is 7.86. The van der Waals surface area contributed by atoms with Crippen molar-refractivity contribution in [3.05, 3.63) is 36.3 Å². The zero-order valence-electron chi connectivity index (χ0n) is 10.5. The van der Waals surface area contributed by atoms with Crippen LogP contribution < -0.4 is 0 Å². The lowest BCUT2D eigenvalue weighted by atomic mass is 10.1. The van der Waals surface area contributed by atoms with E-state index in [1.807, 2.05) is 6.08 Å². The summed E-state index contributed by atoms with van der Waals surface area (Å²) in [7, 11) is 0. The monoisotopic (exact) mass is 220 g/mol. The molecule has 0 aliphatic heterocycles. The maximum absolute atomic E-state index is 5.78. The van der Waals surface area contributed by atoms with Gasteiger partial charge in [-0.3, -0.25) is 0 Å². The molecule has 0 aromatic carbocycles. The quantitative estimate of drug-likeness (QED) is 0.425. The number of unbranched alkanes of at least 4 members (excludes halogenated alkanes) is 4. The molecule has 1 aromatic rings. The largest absolute Gasteiger partial charge is 0.466 e. The fraction of sp³-hybridized carbons (Fsp3) is 0.600. The van der Waals surface area contributed by atoms with Gasteiger partial charge in [0.2, 0.25) is 0 Å². The summed E-state index contributed by atoms with van der Waals surface area (Å²) in [5.41, 5.74) is 0. The lowest BCUT2D eigenvalue weighted by Crippen LogP contribution is -1.83. The first-order valence-corrected chi connectivity index (χ1v) is 6.55. The smallest absolute Gasteiger partial charge is 0.104 e. The molecule has 0 amide bonds. The van der Waals surface area contributed by atoms with Crippen molar-refractivity contribution in [1.29, 1.82) is 0 Å². The highest BCUT2D eigenvalue weighted by Crippen LogP contribution is 2.14. The van der Waals surface area contributed by atoms with E-state index in [9.17, 15) is 0 Å². The Labute approximate surface area is 99.6 Å². The van der Waals surface area contributed by atoms with Gasteiger partial charge in [-0.05, 0) is 37.8 Å². The van der Waals surface area contributed by atoms with Gasteiger partial charge in [-0.2, -0.15) is 0 Å². The molecule has 0 unspecified atom stereocenters.